The molecular weight excluding hydrogens is 256 g/mol. The van der Waals surface area contributed by atoms with E-state index >= 15 is 0 Å². The van der Waals surface area contributed by atoms with Crippen molar-refractivity contribution in [3.05, 3.63) is 41.5 Å². The maximum absolute atomic E-state index is 11.6. The van der Waals surface area contributed by atoms with Gasteiger partial charge >= 0.3 is 0 Å². The third-order valence-electron chi connectivity index (χ3n) is 2.81. The van der Waals surface area contributed by atoms with Crippen LogP contribution in [0.5, 0.6) is 5.75 Å². The van der Waals surface area contributed by atoms with Gasteiger partial charge in [-0.15, -0.1) is 0 Å². The molecule has 2 N–H and O–H groups in total. The van der Waals surface area contributed by atoms with E-state index in [0.717, 1.165) is 12.2 Å². The maximum atomic E-state index is 11.6. The Hall–Kier alpha value is -2.37. The molecule has 0 aliphatic carbocycles. The number of ether oxygens (including phenoxy) is 1. The highest BCUT2D eigenvalue weighted by Gasteiger charge is 2.07. The van der Waals surface area contributed by atoms with Gasteiger partial charge in [-0.25, -0.2) is 4.98 Å². The van der Waals surface area contributed by atoms with Crippen LogP contribution in [0.25, 0.3) is 0 Å². The summed E-state index contributed by atoms with van der Waals surface area (Å²) in [5, 5.41) is 8.82. The van der Waals surface area contributed by atoms with Crippen molar-refractivity contribution in [1.29, 1.82) is 0 Å². The molecule has 2 rings (SSSR count). The molecular formula is C14H18N4O2. The van der Waals surface area contributed by atoms with E-state index in [4.69, 9.17) is 4.74 Å². The first kappa shape index (κ1) is 14.0. The lowest BCUT2D eigenvalue weighted by Crippen LogP contribution is -2.29. The molecule has 0 bridgehead atoms. The average molecular weight is 274 g/mol. The minimum Gasteiger partial charge on any atom is -0.492 e. The van der Waals surface area contributed by atoms with Crippen molar-refractivity contribution in [2.75, 3.05) is 13.2 Å². The van der Waals surface area contributed by atoms with E-state index in [1.165, 1.54) is 17.5 Å². The quantitative estimate of drug-likeness (QED) is 0.782. The topological polar surface area (TPSA) is 79.9 Å². The smallest absolute Gasteiger partial charge is 0.288 e. The van der Waals surface area contributed by atoms with Crippen molar-refractivity contribution < 1.29 is 9.53 Å². The third kappa shape index (κ3) is 3.81. The highest BCUT2D eigenvalue weighted by Crippen LogP contribution is 2.17. The Bertz CT molecular complexity index is 567. The largest absolute Gasteiger partial charge is 0.492 e. The first-order chi connectivity index (χ1) is 9.69. The molecule has 0 fully saturated rings. The molecule has 1 amide bonds. The number of aromatic nitrogens is 3. The fourth-order valence-electron chi connectivity index (χ4n) is 1.84. The van der Waals surface area contributed by atoms with E-state index in [1.807, 2.05) is 19.1 Å². The number of benzene rings is 1. The van der Waals surface area contributed by atoms with Gasteiger partial charge in [0, 0.05) is 0 Å². The molecule has 0 aliphatic rings. The lowest BCUT2D eigenvalue weighted by atomic mass is 10.1. The Morgan fingerprint density at radius 3 is 2.95 bits per heavy atom. The fraction of sp³-hybridized carbons (Fsp3) is 0.357. The van der Waals surface area contributed by atoms with Crippen LogP contribution in [0.1, 0.15) is 28.7 Å². The van der Waals surface area contributed by atoms with Gasteiger partial charge in [-0.2, -0.15) is 5.10 Å². The molecule has 2 aromatic rings. The van der Waals surface area contributed by atoms with Crippen molar-refractivity contribution in [1.82, 2.24) is 20.5 Å². The number of hydrogen-bond acceptors (Lipinski definition) is 4. The number of rotatable bonds is 6. The zero-order valence-electron chi connectivity index (χ0n) is 11.6. The van der Waals surface area contributed by atoms with Crippen molar-refractivity contribution >= 4 is 5.91 Å². The minimum absolute atomic E-state index is 0.203. The van der Waals surface area contributed by atoms with Gasteiger partial charge in [0.05, 0.1) is 6.54 Å². The van der Waals surface area contributed by atoms with Crippen molar-refractivity contribution in [2.24, 2.45) is 0 Å². The summed E-state index contributed by atoms with van der Waals surface area (Å²) in [6.07, 6.45) is 2.27. The SMILES string of the molecule is CCc1cc(C)cc(OCCNC(=O)c2ncn[nH]2)c1. The lowest BCUT2D eigenvalue weighted by Gasteiger charge is -2.09. The number of amides is 1. The van der Waals surface area contributed by atoms with Crippen LogP contribution in [-0.2, 0) is 6.42 Å². The summed E-state index contributed by atoms with van der Waals surface area (Å²) >= 11 is 0. The number of aryl methyl sites for hydroxylation is 2. The Kier molecular flexibility index (Phi) is 4.70. The van der Waals surface area contributed by atoms with Crippen LogP contribution in [0.3, 0.4) is 0 Å². The molecule has 20 heavy (non-hydrogen) atoms. The van der Waals surface area contributed by atoms with Crippen LogP contribution in [0.15, 0.2) is 24.5 Å². The second kappa shape index (κ2) is 6.70. The average Bonchev–Trinajstić information content (AvgIpc) is 2.97. The Morgan fingerprint density at radius 1 is 1.40 bits per heavy atom. The van der Waals surface area contributed by atoms with Crippen molar-refractivity contribution in [3.63, 3.8) is 0 Å². The number of nitrogens with one attached hydrogen (secondary N) is 2. The summed E-state index contributed by atoms with van der Waals surface area (Å²) in [6.45, 7) is 4.97. The van der Waals surface area contributed by atoms with Gasteiger partial charge in [0.15, 0.2) is 0 Å². The Balaban J connectivity index is 1.78. The van der Waals surface area contributed by atoms with Crippen molar-refractivity contribution in [3.8, 4) is 5.75 Å². The van der Waals surface area contributed by atoms with E-state index in [-0.39, 0.29) is 11.7 Å². The van der Waals surface area contributed by atoms with E-state index in [1.54, 1.807) is 0 Å². The highest BCUT2D eigenvalue weighted by molar-refractivity contribution is 5.90. The van der Waals surface area contributed by atoms with Crippen LogP contribution >= 0.6 is 0 Å². The number of H-pyrrole nitrogens is 1. The van der Waals surface area contributed by atoms with Gasteiger partial charge < -0.3 is 10.1 Å². The van der Waals surface area contributed by atoms with Gasteiger partial charge in [0.25, 0.3) is 5.91 Å². The zero-order chi connectivity index (χ0) is 14.4. The second-order valence-corrected chi connectivity index (χ2v) is 4.45. The number of nitrogens with zero attached hydrogens (tertiary/aromatic N) is 2. The first-order valence-corrected chi connectivity index (χ1v) is 6.56. The van der Waals surface area contributed by atoms with Crippen LogP contribution < -0.4 is 10.1 Å². The van der Waals surface area contributed by atoms with Crippen molar-refractivity contribution in [2.45, 2.75) is 20.3 Å². The van der Waals surface area contributed by atoms with E-state index in [9.17, 15) is 4.79 Å². The zero-order valence-corrected chi connectivity index (χ0v) is 11.6. The highest BCUT2D eigenvalue weighted by atomic mass is 16.5. The monoisotopic (exact) mass is 274 g/mol. The number of hydrogen-bond donors (Lipinski definition) is 2. The van der Waals surface area contributed by atoms with Crippen LogP contribution in [-0.4, -0.2) is 34.2 Å². The van der Waals surface area contributed by atoms with Gasteiger partial charge in [-0.05, 0) is 36.6 Å². The van der Waals surface area contributed by atoms with Crippen LogP contribution in [0, 0.1) is 6.92 Å². The summed E-state index contributed by atoms with van der Waals surface area (Å²) in [7, 11) is 0. The van der Waals surface area contributed by atoms with Gasteiger partial charge in [-0.1, -0.05) is 13.0 Å². The molecule has 6 heteroatoms. The molecule has 6 nitrogen and oxygen atoms in total. The molecule has 1 aromatic heterocycles. The van der Waals surface area contributed by atoms with Gasteiger partial charge in [-0.3, -0.25) is 9.89 Å². The molecule has 0 atom stereocenters. The summed E-state index contributed by atoms with van der Waals surface area (Å²) in [6, 6.07) is 6.14. The third-order valence-corrected chi connectivity index (χ3v) is 2.81. The van der Waals surface area contributed by atoms with Crippen LogP contribution in [0.4, 0.5) is 0 Å². The normalized spacial score (nSPS) is 10.3. The molecule has 0 spiro atoms. The van der Waals surface area contributed by atoms with Gasteiger partial charge in [0.2, 0.25) is 5.82 Å². The van der Waals surface area contributed by atoms with Gasteiger partial charge in [0.1, 0.15) is 18.7 Å². The second-order valence-electron chi connectivity index (χ2n) is 4.45. The Labute approximate surface area is 117 Å². The molecule has 0 saturated carbocycles. The molecule has 0 saturated heterocycles. The lowest BCUT2D eigenvalue weighted by molar-refractivity contribution is 0.0937. The number of carbonyl (C=O) groups is 1. The number of carbonyl (C=O) groups excluding carboxylic acids is 1. The molecule has 1 heterocycles. The molecule has 0 radical (unpaired) electrons. The predicted octanol–water partition coefficient (Wildman–Crippen LogP) is 1.48. The van der Waals surface area contributed by atoms with E-state index < -0.39 is 0 Å². The number of aromatic amines is 1. The summed E-state index contributed by atoms with van der Waals surface area (Å²) < 4.78 is 5.64. The maximum Gasteiger partial charge on any atom is 0.288 e. The molecule has 0 unspecified atom stereocenters. The summed E-state index contributed by atoms with van der Waals surface area (Å²) in [5.74, 6) is 0.745. The molecule has 0 aliphatic heterocycles. The minimum atomic E-state index is -0.287. The van der Waals surface area contributed by atoms with Crippen LogP contribution in [0.2, 0.25) is 0 Å². The van der Waals surface area contributed by atoms with E-state index in [0.29, 0.717) is 13.2 Å². The Morgan fingerprint density at radius 2 is 2.25 bits per heavy atom. The standard InChI is InChI=1S/C14H18N4O2/c1-3-11-6-10(2)7-12(8-11)20-5-4-15-14(19)13-16-9-17-18-13/h6-9H,3-5H2,1-2H3,(H,15,19)(H,16,17,18). The molecule has 1 aromatic carbocycles. The molecule has 106 valence electrons. The first-order valence-electron chi connectivity index (χ1n) is 6.56. The predicted molar refractivity (Wildman–Crippen MR) is 74.8 cm³/mol. The summed E-state index contributed by atoms with van der Waals surface area (Å²) in [5.41, 5.74) is 2.41. The summed E-state index contributed by atoms with van der Waals surface area (Å²) in [4.78, 5) is 15.3. The fourth-order valence-corrected chi connectivity index (χ4v) is 1.84. The van der Waals surface area contributed by atoms with E-state index in [2.05, 4.69) is 33.5 Å².